The molecule has 1 heterocycles. The molecule has 2 aromatic rings. The molecule has 4 nitrogen and oxygen atoms in total. The fourth-order valence-electron chi connectivity index (χ4n) is 1.67. The summed E-state index contributed by atoms with van der Waals surface area (Å²) >= 11 is 0. The topological polar surface area (TPSA) is 68.0 Å². The van der Waals surface area contributed by atoms with E-state index in [0.29, 0.717) is 0 Å². The number of nitrogen functional groups attached to an aromatic ring is 1. The van der Waals surface area contributed by atoms with Gasteiger partial charge in [-0.1, -0.05) is 6.07 Å². The third kappa shape index (κ3) is 3.50. The molecule has 21 heavy (non-hydrogen) atoms. The van der Waals surface area contributed by atoms with Gasteiger partial charge in [-0.05, 0) is 36.8 Å². The van der Waals surface area contributed by atoms with Gasteiger partial charge in [-0.25, -0.2) is 4.98 Å². The maximum atomic E-state index is 12.7. The first-order chi connectivity index (χ1) is 9.77. The molecule has 0 bridgehead atoms. The van der Waals surface area contributed by atoms with Crippen molar-refractivity contribution in [2.24, 2.45) is 0 Å². The number of aryl methyl sites for hydroxylation is 1. The Morgan fingerprint density at radius 1 is 1.24 bits per heavy atom. The van der Waals surface area contributed by atoms with E-state index in [1.807, 2.05) is 6.92 Å². The van der Waals surface area contributed by atoms with Crippen molar-refractivity contribution in [3.05, 3.63) is 53.2 Å². The summed E-state index contributed by atoms with van der Waals surface area (Å²) < 4.78 is 38.2. The van der Waals surface area contributed by atoms with Crippen molar-refractivity contribution < 1.29 is 18.0 Å². The number of benzene rings is 1. The van der Waals surface area contributed by atoms with Gasteiger partial charge in [0.1, 0.15) is 5.82 Å². The monoisotopic (exact) mass is 295 g/mol. The van der Waals surface area contributed by atoms with Gasteiger partial charge in [-0.2, -0.15) is 13.2 Å². The molecule has 0 aliphatic carbocycles. The molecular weight excluding hydrogens is 283 g/mol. The average molecular weight is 295 g/mol. The fourth-order valence-corrected chi connectivity index (χ4v) is 1.67. The largest absolute Gasteiger partial charge is 0.418 e. The molecule has 0 unspecified atom stereocenters. The maximum absolute atomic E-state index is 12.7. The second-order valence-corrected chi connectivity index (χ2v) is 4.47. The van der Waals surface area contributed by atoms with Crippen molar-refractivity contribution in [2.45, 2.75) is 13.1 Å². The zero-order valence-corrected chi connectivity index (χ0v) is 11.0. The van der Waals surface area contributed by atoms with Crippen LogP contribution in [0.3, 0.4) is 0 Å². The van der Waals surface area contributed by atoms with Crippen molar-refractivity contribution in [3.63, 3.8) is 0 Å². The lowest BCUT2D eigenvalue weighted by atomic mass is 10.1. The van der Waals surface area contributed by atoms with Crippen LogP contribution in [0, 0.1) is 6.92 Å². The average Bonchev–Trinajstić information content (AvgIpc) is 2.40. The van der Waals surface area contributed by atoms with Crippen LogP contribution >= 0.6 is 0 Å². The summed E-state index contributed by atoms with van der Waals surface area (Å²) in [5.74, 6) is -0.423. The van der Waals surface area contributed by atoms with E-state index in [2.05, 4.69) is 10.3 Å². The van der Waals surface area contributed by atoms with Gasteiger partial charge in [0.05, 0.1) is 5.56 Å². The van der Waals surface area contributed by atoms with Crippen LogP contribution in [0.15, 0.2) is 36.5 Å². The predicted molar refractivity (Wildman–Crippen MR) is 72.8 cm³/mol. The quantitative estimate of drug-likeness (QED) is 0.836. The molecule has 0 atom stereocenters. The molecule has 0 aliphatic heterocycles. The van der Waals surface area contributed by atoms with E-state index in [4.69, 9.17) is 5.73 Å². The minimum Gasteiger partial charge on any atom is -0.398 e. The Morgan fingerprint density at radius 2 is 1.95 bits per heavy atom. The highest BCUT2D eigenvalue weighted by Gasteiger charge is 2.33. The van der Waals surface area contributed by atoms with Gasteiger partial charge in [-0.15, -0.1) is 0 Å². The number of hydrogen-bond donors (Lipinski definition) is 2. The lowest BCUT2D eigenvalue weighted by Crippen LogP contribution is -2.16. The Kier molecular flexibility index (Phi) is 3.84. The Bertz CT molecular complexity index is 666. The zero-order valence-electron chi connectivity index (χ0n) is 11.0. The van der Waals surface area contributed by atoms with Crippen LogP contribution < -0.4 is 11.1 Å². The van der Waals surface area contributed by atoms with Crippen LogP contribution in [0.4, 0.5) is 24.7 Å². The normalized spacial score (nSPS) is 11.2. The number of alkyl halides is 3. The first-order valence-electron chi connectivity index (χ1n) is 5.98. The molecule has 0 spiro atoms. The van der Waals surface area contributed by atoms with Gasteiger partial charge in [0.25, 0.3) is 5.91 Å². The van der Waals surface area contributed by atoms with Crippen LogP contribution in [0.25, 0.3) is 0 Å². The number of carbonyl (C=O) groups is 1. The summed E-state index contributed by atoms with van der Waals surface area (Å²) in [4.78, 5) is 15.9. The van der Waals surface area contributed by atoms with Crippen LogP contribution in [-0.4, -0.2) is 10.9 Å². The van der Waals surface area contributed by atoms with Crippen LogP contribution in [0.5, 0.6) is 0 Å². The SMILES string of the molecule is Cc1ccc(NC(=O)c2ccc(N)c(C(F)(F)F)c2)nc1. The van der Waals surface area contributed by atoms with Crippen molar-refractivity contribution in [1.82, 2.24) is 4.98 Å². The lowest BCUT2D eigenvalue weighted by Gasteiger charge is -2.11. The molecular formula is C14H12F3N3O. The number of aromatic nitrogens is 1. The van der Waals surface area contributed by atoms with Crippen LogP contribution in [0.1, 0.15) is 21.5 Å². The first-order valence-corrected chi connectivity index (χ1v) is 5.98. The van der Waals surface area contributed by atoms with E-state index < -0.39 is 23.3 Å². The highest BCUT2D eigenvalue weighted by atomic mass is 19.4. The zero-order chi connectivity index (χ0) is 15.6. The maximum Gasteiger partial charge on any atom is 0.418 e. The van der Waals surface area contributed by atoms with Crippen molar-refractivity contribution in [3.8, 4) is 0 Å². The number of carbonyl (C=O) groups excluding carboxylic acids is 1. The van der Waals surface area contributed by atoms with Gasteiger partial charge >= 0.3 is 6.18 Å². The Hall–Kier alpha value is -2.57. The van der Waals surface area contributed by atoms with E-state index >= 15 is 0 Å². The van der Waals surface area contributed by atoms with E-state index in [1.54, 1.807) is 18.3 Å². The summed E-state index contributed by atoms with van der Waals surface area (Å²) in [6.45, 7) is 1.83. The Morgan fingerprint density at radius 3 is 2.52 bits per heavy atom. The summed E-state index contributed by atoms with van der Waals surface area (Å²) in [5, 5.41) is 2.43. The minimum absolute atomic E-state index is 0.140. The molecule has 1 aromatic carbocycles. The third-order valence-corrected chi connectivity index (χ3v) is 2.77. The molecule has 1 aromatic heterocycles. The number of nitrogens with two attached hydrogens (primary N) is 1. The predicted octanol–water partition coefficient (Wildman–Crippen LogP) is 3.24. The summed E-state index contributed by atoms with van der Waals surface area (Å²) in [5.41, 5.74) is 4.58. The molecule has 7 heteroatoms. The molecule has 2 rings (SSSR count). The molecule has 0 aliphatic rings. The smallest absolute Gasteiger partial charge is 0.398 e. The third-order valence-electron chi connectivity index (χ3n) is 2.77. The second kappa shape index (κ2) is 5.43. The number of rotatable bonds is 2. The van der Waals surface area contributed by atoms with Crippen molar-refractivity contribution >= 4 is 17.4 Å². The molecule has 0 saturated heterocycles. The lowest BCUT2D eigenvalue weighted by molar-refractivity contribution is -0.136. The Labute approximate surface area is 118 Å². The number of pyridine rings is 1. The molecule has 1 amide bonds. The van der Waals surface area contributed by atoms with Gasteiger partial charge in [-0.3, -0.25) is 4.79 Å². The number of amides is 1. The van der Waals surface area contributed by atoms with Crippen molar-refractivity contribution in [2.75, 3.05) is 11.1 Å². The second-order valence-electron chi connectivity index (χ2n) is 4.47. The molecule has 0 saturated carbocycles. The Balaban J connectivity index is 2.25. The number of anilines is 2. The van der Waals surface area contributed by atoms with Gasteiger partial charge in [0.2, 0.25) is 0 Å². The summed E-state index contributed by atoms with van der Waals surface area (Å²) in [6.07, 6.45) is -3.07. The van der Waals surface area contributed by atoms with E-state index in [1.165, 1.54) is 6.07 Å². The fraction of sp³-hybridized carbons (Fsp3) is 0.143. The molecule has 110 valence electrons. The van der Waals surface area contributed by atoms with Crippen LogP contribution in [-0.2, 0) is 6.18 Å². The molecule has 0 radical (unpaired) electrons. The number of nitrogens with zero attached hydrogens (tertiary/aromatic N) is 1. The van der Waals surface area contributed by atoms with E-state index in [-0.39, 0.29) is 11.4 Å². The summed E-state index contributed by atoms with van der Waals surface area (Å²) in [7, 11) is 0. The van der Waals surface area contributed by atoms with Gasteiger partial charge in [0, 0.05) is 17.4 Å². The number of hydrogen-bond acceptors (Lipinski definition) is 3. The molecule has 3 N–H and O–H groups in total. The van der Waals surface area contributed by atoms with E-state index in [0.717, 1.165) is 17.7 Å². The minimum atomic E-state index is -4.61. The van der Waals surface area contributed by atoms with Gasteiger partial charge < -0.3 is 11.1 Å². The van der Waals surface area contributed by atoms with E-state index in [9.17, 15) is 18.0 Å². The van der Waals surface area contributed by atoms with Crippen LogP contribution in [0.2, 0.25) is 0 Å². The number of halogens is 3. The summed E-state index contributed by atoms with van der Waals surface area (Å²) in [6, 6.07) is 6.30. The van der Waals surface area contributed by atoms with Gasteiger partial charge in [0.15, 0.2) is 0 Å². The highest BCUT2D eigenvalue weighted by molar-refractivity contribution is 6.04. The highest BCUT2D eigenvalue weighted by Crippen LogP contribution is 2.34. The number of nitrogens with one attached hydrogen (secondary N) is 1. The first kappa shape index (κ1) is 14.8. The van der Waals surface area contributed by atoms with Crippen molar-refractivity contribution in [1.29, 1.82) is 0 Å². The molecule has 0 fully saturated rings. The standard InChI is InChI=1S/C14H12F3N3O/c1-8-2-5-12(19-7-8)20-13(21)9-3-4-11(18)10(6-9)14(15,16)17/h2-7H,18H2,1H3,(H,19,20,21).